The lowest BCUT2D eigenvalue weighted by Crippen LogP contribution is -2.30. The molecule has 0 amide bonds. The number of para-hydroxylation sites is 2. The minimum atomic E-state index is 0.0352. The van der Waals surface area contributed by atoms with Crippen LogP contribution in [0.5, 0.6) is 0 Å². The van der Waals surface area contributed by atoms with E-state index >= 15 is 0 Å². The second-order valence-corrected chi connectivity index (χ2v) is 22.4. The Labute approximate surface area is 420 Å². The highest BCUT2D eigenvalue weighted by Gasteiger charge is 2.71. The monoisotopic (exact) mass is 920 g/mol. The van der Waals surface area contributed by atoms with Crippen LogP contribution in [0.4, 0.5) is 22.7 Å². The van der Waals surface area contributed by atoms with Crippen LogP contribution in [0.15, 0.2) is 218 Å². The van der Waals surface area contributed by atoms with Crippen molar-refractivity contribution in [2.45, 2.75) is 62.4 Å². The molecule has 2 saturated carbocycles. The Hall–Kier alpha value is -8.20. The van der Waals surface area contributed by atoms with E-state index in [-0.39, 0.29) is 21.9 Å². The number of anilines is 4. The van der Waals surface area contributed by atoms with E-state index in [9.17, 15) is 0 Å². The molecule has 16 rings (SSSR count). The summed E-state index contributed by atoms with van der Waals surface area (Å²) < 4.78 is 0. The molecule has 4 atom stereocenters. The van der Waals surface area contributed by atoms with Crippen LogP contribution in [0, 0.1) is 0 Å². The lowest BCUT2D eigenvalue weighted by Gasteiger charge is -2.29. The van der Waals surface area contributed by atoms with Gasteiger partial charge in [0.1, 0.15) is 0 Å². The summed E-state index contributed by atoms with van der Waals surface area (Å²) in [6.45, 7) is 9.90. The Bertz CT molecular complexity index is 4020. The fraction of sp³-hybridized carbons (Fsp3) is 0.143. The topological polar surface area (TPSA) is 6.48 Å². The van der Waals surface area contributed by atoms with Crippen LogP contribution >= 0.6 is 0 Å². The first kappa shape index (κ1) is 40.5. The van der Waals surface area contributed by atoms with Crippen LogP contribution < -0.4 is 9.80 Å². The SMILES string of the molecule is CC12CC1(C)N(c1ccccc1)c1ccc(-c3cc(-c4cccc5ccccc45)c4ccc5c(-c6ccc7c(c6)C6(C)CC6(C)N7c6ccccc6)cc(-c6cccc7ccccc67)c6ccc3c4c56)cc12. The maximum Gasteiger partial charge on any atom is 0.0528 e. The largest absolute Gasteiger partial charge is 0.334 e. The third-order valence-corrected chi connectivity index (χ3v) is 18.9. The molecule has 2 nitrogen and oxygen atoms in total. The van der Waals surface area contributed by atoms with E-state index in [0.717, 1.165) is 12.8 Å². The minimum absolute atomic E-state index is 0.0352. The summed E-state index contributed by atoms with van der Waals surface area (Å²) in [6, 6.07) is 83.2. The highest BCUT2D eigenvalue weighted by Crippen LogP contribution is 2.72. The fourth-order valence-corrected chi connectivity index (χ4v) is 14.8. The summed E-state index contributed by atoms with van der Waals surface area (Å²) in [5.41, 5.74) is 18.5. The fourth-order valence-electron chi connectivity index (χ4n) is 14.8. The zero-order chi connectivity index (χ0) is 47.9. The van der Waals surface area contributed by atoms with Gasteiger partial charge in [0.2, 0.25) is 0 Å². The lowest BCUT2D eigenvalue weighted by molar-refractivity contribution is 0.639. The molecule has 0 radical (unpaired) electrons. The maximum atomic E-state index is 2.62. The van der Waals surface area contributed by atoms with E-state index in [1.165, 1.54) is 132 Å². The molecule has 0 bridgehead atoms. The smallest absolute Gasteiger partial charge is 0.0528 e. The van der Waals surface area contributed by atoms with Gasteiger partial charge in [-0.3, -0.25) is 0 Å². The Balaban J connectivity index is 1.00. The van der Waals surface area contributed by atoms with E-state index in [1.807, 2.05) is 0 Å². The van der Waals surface area contributed by atoms with Gasteiger partial charge in [0.25, 0.3) is 0 Å². The maximum absolute atomic E-state index is 2.62. The summed E-state index contributed by atoms with van der Waals surface area (Å²) in [6.07, 6.45) is 2.27. The van der Waals surface area contributed by atoms with Crippen molar-refractivity contribution in [3.8, 4) is 44.5 Å². The van der Waals surface area contributed by atoms with Gasteiger partial charge in [0, 0.05) is 33.6 Å². The normalized spacial score (nSPS) is 22.5. The van der Waals surface area contributed by atoms with Crippen molar-refractivity contribution in [1.29, 1.82) is 0 Å². The number of nitrogens with zero attached hydrogens (tertiary/aromatic N) is 2. The third kappa shape index (κ3) is 5.09. The Morgan fingerprint density at radius 3 is 1.11 bits per heavy atom. The molecule has 2 heterocycles. The van der Waals surface area contributed by atoms with Crippen molar-refractivity contribution in [1.82, 2.24) is 0 Å². The Morgan fingerprint density at radius 1 is 0.306 bits per heavy atom. The van der Waals surface area contributed by atoms with Crippen molar-refractivity contribution in [3.63, 3.8) is 0 Å². The summed E-state index contributed by atoms with van der Waals surface area (Å²) >= 11 is 0. The van der Waals surface area contributed by atoms with Crippen molar-refractivity contribution in [2.75, 3.05) is 9.80 Å². The highest BCUT2D eigenvalue weighted by atomic mass is 15.3. The van der Waals surface area contributed by atoms with Gasteiger partial charge in [0.05, 0.1) is 11.1 Å². The van der Waals surface area contributed by atoms with Crippen LogP contribution in [0.3, 0.4) is 0 Å². The first-order valence-electron chi connectivity index (χ1n) is 25.9. The van der Waals surface area contributed by atoms with Gasteiger partial charge in [-0.1, -0.05) is 172 Å². The number of benzene rings is 12. The number of hydrogen-bond acceptors (Lipinski definition) is 2. The van der Waals surface area contributed by atoms with Crippen molar-refractivity contribution in [2.24, 2.45) is 0 Å². The van der Waals surface area contributed by atoms with Gasteiger partial charge < -0.3 is 9.80 Å². The van der Waals surface area contributed by atoms with Crippen molar-refractivity contribution < 1.29 is 0 Å². The molecule has 12 aromatic carbocycles. The average Bonchev–Trinajstić information content (AvgIpc) is 4.16. The molecule has 0 saturated heterocycles. The molecule has 0 N–H and O–H groups in total. The van der Waals surface area contributed by atoms with Gasteiger partial charge >= 0.3 is 0 Å². The predicted molar refractivity (Wildman–Crippen MR) is 305 cm³/mol. The number of fused-ring (bicyclic) bond motifs is 8. The molecule has 0 spiro atoms. The molecular weight excluding hydrogens is 869 g/mol. The third-order valence-electron chi connectivity index (χ3n) is 18.9. The Morgan fingerprint density at radius 2 is 0.681 bits per heavy atom. The van der Waals surface area contributed by atoms with E-state index in [0.29, 0.717) is 0 Å². The summed E-state index contributed by atoms with van der Waals surface area (Å²) in [7, 11) is 0. The van der Waals surface area contributed by atoms with Crippen LogP contribution in [-0.2, 0) is 10.8 Å². The molecule has 4 aliphatic rings. The quantitative estimate of drug-likeness (QED) is 0.153. The zero-order valence-electron chi connectivity index (χ0n) is 41.1. The minimum Gasteiger partial charge on any atom is -0.334 e. The van der Waals surface area contributed by atoms with Gasteiger partial charge in [-0.15, -0.1) is 0 Å². The van der Waals surface area contributed by atoms with Gasteiger partial charge in [-0.25, -0.2) is 0 Å². The standard InChI is InChI=1S/C70H52N2/c1-67-41-69(67,3)71(47-21-7-5-8-22-47)63-35-29-45(37-61(63)67)57-39-59(51-27-15-19-43-17-11-13-25-49(43)51)55-34-32-54-58(46-30-36-64-62(38-46)68(2)42-70(68,4)72(64)48-23-9-6-10-24-48)40-60(56-33-31-53(57)65(55)66(54)56)52-28-16-20-44-18-12-14-26-50(44)52/h5-40H,41-42H2,1-4H3. The highest BCUT2D eigenvalue weighted by molar-refractivity contribution is 6.33. The molecule has 2 heteroatoms. The molecule has 342 valence electrons. The molecule has 0 aromatic heterocycles. The van der Waals surface area contributed by atoms with Gasteiger partial charge in [-0.2, -0.15) is 0 Å². The molecule has 2 fully saturated rings. The van der Waals surface area contributed by atoms with Crippen molar-refractivity contribution in [3.05, 3.63) is 230 Å². The summed E-state index contributed by atoms with van der Waals surface area (Å²) in [4.78, 5) is 5.24. The van der Waals surface area contributed by atoms with Crippen LogP contribution in [0.1, 0.15) is 51.7 Å². The molecule has 72 heavy (non-hydrogen) atoms. The number of hydrogen-bond donors (Lipinski definition) is 0. The molecule has 2 aliphatic carbocycles. The zero-order valence-corrected chi connectivity index (χ0v) is 41.1. The van der Waals surface area contributed by atoms with Crippen LogP contribution in [-0.4, -0.2) is 11.1 Å². The number of rotatable bonds is 6. The van der Waals surface area contributed by atoms with Crippen molar-refractivity contribution >= 4 is 76.6 Å². The predicted octanol–water partition coefficient (Wildman–Crippen LogP) is 18.7. The first-order chi connectivity index (χ1) is 35.2. The average molecular weight is 921 g/mol. The van der Waals surface area contributed by atoms with E-state index in [1.54, 1.807) is 0 Å². The van der Waals surface area contributed by atoms with Crippen LogP contribution in [0.25, 0.3) is 98.4 Å². The second kappa shape index (κ2) is 13.8. The molecular formula is C70H52N2. The van der Waals surface area contributed by atoms with E-state index in [4.69, 9.17) is 0 Å². The lowest BCUT2D eigenvalue weighted by atomic mass is 9.80. The Kier molecular flexibility index (Phi) is 7.77. The second-order valence-electron chi connectivity index (χ2n) is 22.4. The summed E-state index contributed by atoms with van der Waals surface area (Å²) in [5, 5.41) is 12.9. The first-order valence-corrected chi connectivity index (χ1v) is 25.9. The van der Waals surface area contributed by atoms with E-state index in [2.05, 4.69) is 256 Å². The molecule has 12 aromatic rings. The van der Waals surface area contributed by atoms with Gasteiger partial charge in [-0.05, 0) is 197 Å². The molecule has 2 aliphatic heterocycles. The summed E-state index contributed by atoms with van der Waals surface area (Å²) in [5.74, 6) is 0. The van der Waals surface area contributed by atoms with Crippen LogP contribution in [0.2, 0.25) is 0 Å². The van der Waals surface area contributed by atoms with Gasteiger partial charge in [0.15, 0.2) is 0 Å². The van der Waals surface area contributed by atoms with E-state index < -0.39 is 0 Å². The molecule has 4 unspecified atom stereocenters.